The molecular formula is C10H10ClN3. The highest BCUT2D eigenvalue weighted by Crippen LogP contribution is 2.07. The summed E-state index contributed by atoms with van der Waals surface area (Å²) in [6.07, 6.45) is 3.56. The van der Waals surface area contributed by atoms with Crippen LogP contribution in [0.2, 0.25) is 5.15 Å². The Labute approximate surface area is 87.3 Å². The molecule has 0 aliphatic heterocycles. The second kappa shape index (κ2) is 3.80. The molecule has 0 aliphatic rings. The highest BCUT2D eigenvalue weighted by Gasteiger charge is 1.99. The van der Waals surface area contributed by atoms with E-state index in [1.54, 1.807) is 18.5 Å². The SMILES string of the molecule is Cc1ccnn1Cc1ccc(Cl)nc1. The van der Waals surface area contributed by atoms with Crippen molar-refractivity contribution >= 4 is 11.6 Å². The Balaban J connectivity index is 2.19. The van der Waals surface area contributed by atoms with Crippen LogP contribution in [0.25, 0.3) is 0 Å². The van der Waals surface area contributed by atoms with Crippen LogP contribution >= 0.6 is 11.6 Å². The van der Waals surface area contributed by atoms with E-state index < -0.39 is 0 Å². The number of hydrogen-bond donors (Lipinski definition) is 0. The molecule has 0 N–H and O–H groups in total. The maximum absolute atomic E-state index is 5.69. The summed E-state index contributed by atoms with van der Waals surface area (Å²) >= 11 is 5.69. The van der Waals surface area contributed by atoms with Gasteiger partial charge >= 0.3 is 0 Å². The fraction of sp³-hybridized carbons (Fsp3) is 0.200. The molecule has 72 valence electrons. The maximum atomic E-state index is 5.69. The van der Waals surface area contributed by atoms with Gasteiger partial charge in [-0.05, 0) is 24.6 Å². The van der Waals surface area contributed by atoms with Gasteiger partial charge < -0.3 is 0 Å². The zero-order valence-corrected chi connectivity index (χ0v) is 8.57. The van der Waals surface area contributed by atoms with Crippen molar-refractivity contribution in [3.05, 3.63) is 47.0 Å². The number of halogens is 1. The van der Waals surface area contributed by atoms with E-state index in [9.17, 15) is 0 Å². The van der Waals surface area contributed by atoms with Gasteiger partial charge in [-0.1, -0.05) is 17.7 Å². The van der Waals surface area contributed by atoms with Gasteiger partial charge in [-0.15, -0.1) is 0 Å². The lowest BCUT2D eigenvalue weighted by molar-refractivity contribution is 0.663. The van der Waals surface area contributed by atoms with Gasteiger partial charge in [0.25, 0.3) is 0 Å². The topological polar surface area (TPSA) is 30.7 Å². The zero-order valence-electron chi connectivity index (χ0n) is 7.81. The molecule has 4 heteroatoms. The first kappa shape index (κ1) is 9.21. The summed E-state index contributed by atoms with van der Waals surface area (Å²) in [5.41, 5.74) is 2.24. The van der Waals surface area contributed by atoms with E-state index in [-0.39, 0.29) is 0 Å². The van der Waals surface area contributed by atoms with E-state index in [2.05, 4.69) is 10.1 Å². The van der Waals surface area contributed by atoms with E-state index in [1.165, 1.54) is 0 Å². The van der Waals surface area contributed by atoms with Crippen molar-refractivity contribution < 1.29 is 0 Å². The second-order valence-electron chi connectivity index (χ2n) is 3.12. The molecular weight excluding hydrogens is 198 g/mol. The molecule has 2 heterocycles. The quantitative estimate of drug-likeness (QED) is 0.708. The largest absolute Gasteiger partial charge is 0.265 e. The van der Waals surface area contributed by atoms with Crippen LogP contribution in [0.3, 0.4) is 0 Å². The summed E-state index contributed by atoms with van der Waals surface area (Å²) in [4.78, 5) is 4.01. The first-order valence-electron chi connectivity index (χ1n) is 4.34. The monoisotopic (exact) mass is 207 g/mol. The van der Waals surface area contributed by atoms with E-state index in [4.69, 9.17) is 11.6 Å². The molecule has 0 amide bonds. The summed E-state index contributed by atoms with van der Waals surface area (Å²) in [5, 5.41) is 4.71. The average molecular weight is 208 g/mol. The predicted octanol–water partition coefficient (Wildman–Crippen LogP) is 2.29. The Bertz CT molecular complexity index is 419. The molecule has 0 aromatic carbocycles. The van der Waals surface area contributed by atoms with Crippen LogP contribution in [-0.2, 0) is 6.54 Å². The Kier molecular flexibility index (Phi) is 2.50. The minimum atomic E-state index is 0.519. The third kappa shape index (κ3) is 1.93. The molecule has 3 nitrogen and oxygen atoms in total. The smallest absolute Gasteiger partial charge is 0.129 e. The van der Waals surface area contributed by atoms with E-state index in [0.29, 0.717) is 5.15 Å². The molecule has 0 saturated carbocycles. The first-order valence-corrected chi connectivity index (χ1v) is 4.72. The number of aromatic nitrogens is 3. The van der Waals surface area contributed by atoms with Gasteiger partial charge in [0.15, 0.2) is 0 Å². The molecule has 2 aromatic rings. The Morgan fingerprint density at radius 2 is 2.21 bits per heavy atom. The summed E-state index contributed by atoms with van der Waals surface area (Å²) in [6.45, 7) is 2.76. The lowest BCUT2D eigenvalue weighted by atomic mass is 10.3. The highest BCUT2D eigenvalue weighted by atomic mass is 35.5. The Morgan fingerprint density at radius 3 is 2.79 bits per heavy atom. The van der Waals surface area contributed by atoms with Gasteiger partial charge in [0.1, 0.15) is 5.15 Å². The van der Waals surface area contributed by atoms with Crippen LogP contribution in [-0.4, -0.2) is 14.8 Å². The van der Waals surface area contributed by atoms with Gasteiger partial charge in [0, 0.05) is 18.1 Å². The van der Waals surface area contributed by atoms with Crippen LogP contribution in [0.5, 0.6) is 0 Å². The molecule has 14 heavy (non-hydrogen) atoms. The molecule has 0 spiro atoms. The standard InChI is InChI=1S/C10H10ClN3/c1-8-4-5-13-14(8)7-9-2-3-10(11)12-6-9/h2-6H,7H2,1H3. The molecule has 0 radical (unpaired) electrons. The van der Waals surface area contributed by atoms with Gasteiger partial charge in [-0.3, -0.25) is 4.68 Å². The van der Waals surface area contributed by atoms with Crippen molar-refractivity contribution in [2.45, 2.75) is 13.5 Å². The van der Waals surface area contributed by atoms with Crippen LogP contribution in [0.4, 0.5) is 0 Å². The molecule has 2 rings (SSSR count). The van der Waals surface area contributed by atoms with Gasteiger partial charge in [-0.25, -0.2) is 4.98 Å². The molecule has 0 saturated heterocycles. The molecule has 2 aromatic heterocycles. The van der Waals surface area contributed by atoms with Crippen molar-refractivity contribution in [1.82, 2.24) is 14.8 Å². The third-order valence-electron chi connectivity index (χ3n) is 2.05. The number of rotatable bonds is 2. The average Bonchev–Trinajstić information content (AvgIpc) is 2.56. The van der Waals surface area contributed by atoms with Crippen molar-refractivity contribution in [1.29, 1.82) is 0 Å². The van der Waals surface area contributed by atoms with Crippen LogP contribution in [0, 0.1) is 6.92 Å². The predicted molar refractivity (Wildman–Crippen MR) is 55.3 cm³/mol. The van der Waals surface area contributed by atoms with Crippen molar-refractivity contribution in [3.63, 3.8) is 0 Å². The van der Waals surface area contributed by atoms with Crippen LogP contribution < -0.4 is 0 Å². The maximum Gasteiger partial charge on any atom is 0.129 e. The lowest BCUT2D eigenvalue weighted by Gasteiger charge is -2.03. The molecule has 0 unspecified atom stereocenters. The summed E-state index contributed by atoms with van der Waals surface area (Å²) in [6, 6.07) is 5.72. The van der Waals surface area contributed by atoms with Crippen molar-refractivity contribution in [3.8, 4) is 0 Å². The molecule has 0 aliphatic carbocycles. The summed E-state index contributed by atoms with van der Waals surface area (Å²) in [5.74, 6) is 0. The van der Waals surface area contributed by atoms with Crippen molar-refractivity contribution in [2.24, 2.45) is 0 Å². The summed E-state index contributed by atoms with van der Waals surface area (Å²) in [7, 11) is 0. The number of hydrogen-bond acceptors (Lipinski definition) is 2. The van der Waals surface area contributed by atoms with Gasteiger partial charge in [0.05, 0.1) is 6.54 Å². The van der Waals surface area contributed by atoms with Crippen molar-refractivity contribution in [2.75, 3.05) is 0 Å². The van der Waals surface area contributed by atoms with Gasteiger partial charge in [-0.2, -0.15) is 5.10 Å². The van der Waals surface area contributed by atoms with Gasteiger partial charge in [0.2, 0.25) is 0 Å². The summed E-state index contributed by atoms with van der Waals surface area (Å²) < 4.78 is 1.92. The fourth-order valence-corrected chi connectivity index (χ4v) is 1.35. The van der Waals surface area contributed by atoms with E-state index in [1.807, 2.05) is 23.7 Å². The normalized spacial score (nSPS) is 10.4. The van der Waals surface area contributed by atoms with E-state index >= 15 is 0 Å². The lowest BCUT2D eigenvalue weighted by Crippen LogP contribution is -2.03. The second-order valence-corrected chi connectivity index (χ2v) is 3.51. The first-order chi connectivity index (χ1) is 6.75. The van der Waals surface area contributed by atoms with Crippen LogP contribution in [0.15, 0.2) is 30.6 Å². The number of nitrogens with zero attached hydrogens (tertiary/aromatic N) is 3. The Morgan fingerprint density at radius 1 is 1.36 bits per heavy atom. The zero-order chi connectivity index (χ0) is 9.97. The number of aryl methyl sites for hydroxylation is 1. The minimum Gasteiger partial charge on any atom is -0.265 e. The third-order valence-corrected chi connectivity index (χ3v) is 2.27. The number of pyridine rings is 1. The van der Waals surface area contributed by atoms with Crippen LogP contribution in [0.1, 0.15) is 11.3 Å². The molecule has 0 atom stereocenters. The molecule has 0 bridgehead atoms. The molecule has 0 fully saturated rings. The fourth-order valence-electron chi connectivity index (χ4n) is 1.24. The highest BCUT2D eigenvalue weighted by molar-refractivity contribution is 6.29. The Hall–Kier alpha value is -1.35. The van der Waals surface area contributed by atoms with E-state index in [0.717, 1.165) is 17.8 Å². The minimum absolute atomic E-state index is 0.519.